The Balaban J connectivity index is 0.00000387. The van der Waals surface area contributed by atoms with Gasteiger partial charge in [-0.2, -0.15) is 18.2 Å². The Kier molecular flexibility index (Phi) is 8.79. The number of carboxylic acid groups (broad SMARTS) is 1. The van der Waals surface area contributed by atoms with Gasteiger partial charge in [0.15, 0.2) is 0 Å². The number of alkyl halides is 3. The van der Waals surface area contributed by atoms with E-state index in [1.165, 1.54) is 18.2 Å². The zero-order valence-electron chi connectivity index (χ0n) is 22.1. The molecule has 1 aliphatic carbocycles. The van der Waals surface area contributed by atoms with Crippen molar-refractivity contribution in [3.63, 3.8) is 0 Å². The average Bonchev–Trinajstić information content (AvgIpc) is 3.35. The van der Waals surface area contributed by atoms with Crippen LogP contribution >= 0.6 is 12.4 Å². The summed E-state index contributed by atoms with van der Waals surface area (Å²) in [5.74, 6) is -0.707. The lowest BCUT2D eigenvalue weighted by Gasteiger charge is -2.31. The Bertz CT molecular complexity index is 1430. The Hall–Kier alpha value is -3.83. The van der Waals surface area contributed by atoms with Crippen LogP contribution in [0.5, 0.6) is 11.6 Å². The van der Waals surface area contributed by atoms with Gasteiger partial charge < -0.3 is 25.6 Å². The summed E-state index contributed by atoms with van der Waals surface area (Å²) in [6, 6.07) is 14.0. The van der Waals surface area contributed by atoms with Crippen molar-refractivity contribution >= 4 is 29.9 Å². The topological polar surface area (TPSA) is 120 Å². The van der Waals surface area contributed by atoms with Crippen LogP contribution in [-0.4, -0.2) is 46.9 Å². The molecule has 8 nitrogen and oxygen atoms in total. The fourth-order valence-corrected chi connectivity index (χ4v) is 5.38. The van der Waals surface area contributed by atoms with Crippen LogP contribution < -0.4 is 20.5 Å². The first-order valence-corrected chi connectivity index (χ1v) is 12.8. The van der Waals surface area contributed by atoms with Crippen molar-refractivity contribution in [2.45, 2.75) is 44.0 Å². The number of halogens is 4. The molecule has 1 fully saturated rings. The third-order valence-corrected chi connectivity index (χ3v) is 7.57. The molecule has 1 aromatic heterocycles. The van der Waals surface area contributed by atoms with Gasteiger partial charge in [0.2, 0.25) is 17.9 Å². The fraction of sp³-hybridized carbons (Fsp3) is 0.345. The van der Waals surface area contributed by atoms with E-state index in [1.54, 1.807) is 37.4 Å². The van der Waals surface area contributed by atoms with E-state index in [2.05, 4.69) is 15.3 Å². The quantitative estimate of drug-likeness (QED) is 0.314. The van der Waals surface area contributed by atoms with Crippen LogP contribution in [0.25, 0.3) is 16.7 Å². The summed E-state index contributed by atoms with van der Waals surface area (Å²) in [4.78, 5) is 19.5. The minimum atomic E-state index is -4.72. The fourth-order valence-electron chi connectivity index (χ4n) is 5.38. The molecule has 2 heterocycles. The van der Waals surface area contributed by atoms with Crippen LogP contribution in [0.3, 0.4) is 0 Å². The Morgan fingerprint density at radius 2 is 1.90 bits per heavy atom. The van der Waals surface area contributed by atoms with Gasteiger partial charge in [0, 0.05) is 18.2 Å². The van der Waals surface area contributed by atoms with Gasteiger partial charge in [-0.25, -0.2) is 4.98 Å². The second-order valence-electron chi connectivity index (χ2n) is 10.3. The van der Waals surface area contributed by atoms with E-state index >= 15 is 0 Å². The predicted molar refractivity (Wildman–Crippen MR) is 150 cm³/mol. The maximum atomic E-state index is 14.2. The lowest BCUT2D eigenvalue weighted by atomic mass is 9.73. The molecule has 1 aliphatic heterocycles. The largest absolute Gasteiger partial charge is 0.497 e. The maximum absolute atomic E-state index is 14.2. The van der Waals surface area contributed by atoms with E-state index in [1.807, 2.05) is 12.1 Å². The van der Waals surface area contributed by atoms with Gasteiger partial charge in [-0.3, -0.25) is 4.79 Å². The molecule has 0 amide bonds. The van der Waals surface area contributed by atoms with Crippen molar-refractivity contribution in [2.24, 2.45) is 5.41 Å². The minimum absolute atomic E-state index is 0. The average molecular weight is 591 g/mol. The standard InChI is InChI=1S/C29H29F3N4O4.ClH/c1-39-21-4-2-3-20(13-21)17-5-7-19(8-6-17)25(29(30,31)32)40-24-14-22(35-27(33)36-24)18-9-11-28(12-10-18)15-23(26(37)38)34-16-28;/h2-9,13-14,23,25,34H,10-12,15-16H2,1H3,(H,37,38)(H2,33,35,36);1H/t23?,25-,28?;/m1./s1. The Morgan fingerprint density at radius 3 is 2.51 bits per heavy atom. The summed E-state index contributed by atoms with van der Waals surface area (Å²) in [7, 11) is 1.55. The maximum Gasteiger partial charge on any atom is 0.429 e. The first-order valence-electron chi connectivity index (χ1n) is 12.8. The zero-order valence-corrected chi connectivity index (χ0v) is 23.0. The number of aromatic nitrogens is 2. The molecule has 4 N–H and O–H groups in total. The van der Waals surface area contributed by atoms with Gasteiger partial charge in [-0.1, -0.05) is 42.5 Å². The normalized spacial score (nSPS) is 21.1. The minimum Gasteiger partial charge on any atom is -0.497 e. The SMILES string of the molecule is COc1cccc(-c2ccc([C@@H](Oc3cc(C4=CCC5(CC4)CNC(C(=O)O)C5)nc(N)n3)C(F)(F)F)cc2)c1.Cl. The lowest BCUT2D eigenvalue weighted by Crippen LogP contribution is -2.30. The number of nitrogens with zero attached hydrogens (tertiary/aromatic N) is 2. The smallest absolute Gasteiger partial charge is 0.429 e. The molecule has 0 saturated carbocycles. The molecule has 2 unspecified atom stereocenters. The van der Waals surface area contributed by atoms with Crippen molar-refractivity contribution in [2.75, 3.05) is 19.4 Å². The van der Waals surface area contributed by atoms with Gasteiger partial charge in [-0.05, 0) is 59.9 Å². The van der Waals surface area contributed by atoms with Crippen molar-refractivity contribution < 1.29 is 32.5 Å². The number of nitrogens with two attached hydrogens (primary N) is 1. The summed E-state index contributed by atoms with van der Waals surface area (Å²) in [5, 5.41) is 12.4. The number of benzene rings is 2. The number of ether oxygens (including phenoxy) is 2. The molecule has 2 aliphatic rings. The van der Waals surface area contributed by atoms with Gasteiger partial charge in [0.25, 0.3) is 0 Å². The zero-order chi connectivity index (χ0) is 28.5. The number of allylic oxidation sites excluding steroid dienone is 2. The highest BCUT2D eigenvalue weighted by atomic mass is 35.5. The predicted octanol–water partition coefficient (Wildman–Crippen LogP) is 5.84. The number of nitrogen functional groups attached to an aromatic ring is 1. The number of hydrogen-bond acceptors (Lipinski definition) is 7. The highest BCUT2D eigenvalue weighted by Gasteiger charge is 2.44. The monoisotopic (exact) mass is 590 g/mol. The van der Waals surface area contributed by atoms with E-state index in [9.17, 15) is 23.1 Å². The number of carboxylic acids is 1. The molecule has 12 heteroatoms. The first-order chi connectivity index (χ1) is 19.0. The van der Waals surface area contributed by atoms with Gasteiger partial charge in [0.05, 0.1) is 12.8 Å². The molecular formula is C29H30ClF3N4O4. The molecule has 2 aromatic carbocycles. The third kappa shape index (κ3) is 6.74. The van der Waals surface area contributed by atoms with Crippen LogP contribution in [-0.2, 0) is 4.79 Å². The number of anilines is 1. The summed E-state index contributed by atoms with van der Waals surface area (Å²) >= 11 is 0. The number of rotatable bonds is 7. The van der Waals surface area contributed by atoms with Crippen molar-refractivity contribution in [1.82, 2.24) is 15.3 Å². The highest BCUT2D eigenvalue weighted by molar-refractivity contribution is 5.85. The van der Waals surface area contributed by atoms with Crippen molar-refractivity contribution in [3.8, 4) is 22.8 Å². The molecule has 41 heavy (non-hydrogen) atoms. The number of nitrogens with one attached hydrogen (secondary N) is 1. The van der Waals surface area contributed by atoms with Gasteiger partial charge in [-0.15, -0.1) is 12.4 Å². The van der Waals surface area contributed by atoms with E-state index < -0.39 is 24.3 Å². The molecular weight excluding hydrogens is 561 g/mol. The Labute approximate surface area is 241 Å². The third-order valence-electron chi connectivity index (χ3n) is 7.57. The van der Waals surface area contributed by atoms with Crippen LogP contribution in [0, 0.1) is 5.41 Å². The Morgan fingerprint density at radius 1 is 1.15 bits per heavy atom. The van der Waals surface area contributed by atoms with E-state index in [0.717, 1.165) is 23.1 Å². The second kappa shape index (κ2) is 12.0. The summed E-state index contributed by atoms with van der Waals surface area (Å²) in [6.07, 6.45) is -2.57. The summed E-state index contributed by atoms with van der Waals surface area (Å²) < 4.78 is 53.1. The van der Waals surface area contributed by atoms with Crippen LogP contribution in [0.15, 0.2) is 60.7 Å². The number of carbonyl (C=O) groups is 1. The van der Waals surface area contributed by atoms with Crippen LogP contribution in [0.2, 0.25) is 0 Å². The summed E-state index contributed by atoms with van der Waals surface area (Å²) in [5.41, 5.74) is 8.36. The highest BCUT2D eigenvalue weighted by Crippen LogP contribution is 2.45. The molecule has 5 rings (SSSR count). The second-order valence-corrected chi connectivity index (χ2v) is 10.3. The lowest BCUT2D eigenvalue weighted by molar-refractivity contribution is -0.198. The first kappa shape index (κ1) is 30.1. The molecule has 1 saturated heterocycles. The van der Waals surface area contributed by atoms with Gasteiger partial charge in [0.1, 0.15) is 11.8 Å². The van der Waals surface area contributed by atoms with Crippen LogP contribution in [0.4, 0.5) is 19.1 Å². The molecule has 3 aromatic rings. The molecule has 218 valence electrons. The van der Waals surface area contributed by atoms with Crippen LogP contribution in [0.1, 0.15) is 43.0 Å². The molecule has 0 bridgehead atoms. The van der Waals surface area contributed by atoms with Crippen molar-refractivity contribution in [1.29, 1.82) is 0 Å². The van der Waals surface area contributed by atoms with E-state index in [-0.39, 0.29) is 35.2 Å². The molecule has 0 radical (unpaired) electrons. The molecule has 3 atom stereocenters. The van der Waals surface area contributed by atoms with E-state index in [4.69, 9.17) is 15.2 Å². The summed E-state index contributed by atoms with van der Waals surface area (Å²) in [6.45, 7) is 0.595. The number of hydrogen-bond donors (Lipinski definition) is 3. The number of methoxy groups -OCH3 is 1. The number of aliphatic carboxylic acids is 1. The van der Waals surface area contributed by atoms with Gasteiger partial charge >= 0.3 is 12.1 Å². The van der Waals surface area contributed by atoms with E-state index in [0.29, 0.717) is 37.3 Å². The molecule has 1 spiro atoms. The van der Waals surface area contributed by atoms with Crippen molar-refractivity contribution in [3.05, 3.63) is 71.9 Å².